The lowest BCUT2D eigenvalue weighted by atomic mass is 9.99. The summed E-state index contributed by atoms with van der Waals surface area (Å²) in [5.41, 5.74) is 0. The number of nitrogens with one attached hydrogen (secondary N) is 1. The van der Waals surface area contributed by atoms with Gasteiger partial charge in [-0.1, -0.05) is 34.1 Å². The fourth-order valence-corrected chi connectivity index (χ4v) is 1.13. The van der Waals surface area contributed by atoms with Crippen molar-refractivity contribution in [2.75, 3.05) is 6.54 Å². The maximum Gasteiger partial charge on any atom is 0.219 e. The highest BCUT2D eigenvalue weighted by atomic mass is 16.1. The topological polar surface area (TPSA) is 29.1 Å². The van der Waals surface area contributed by atoms with Crippen LogP contribution in [0.2, 0.25) is 0 Å². The normalized spacial score (nSPS) is 13.0. The van der Waals surface area contributed by atoms with Gasteiger partial charge in [0.1, 0.15) is 0 Å². The molecule has 0 aliphatic heterocycles. The highest BCUT2D eigenvalue weighted by Crippen LogP contribution is 2.10. The predicted molar refractivity (Wildman–Crippen MR) is 56.5 cm³/mol. The molecule has 0 aliphatic rings. The van der Waals surface area contributed by atoms with E-state index >= 15 is 0 Å². The summed E-state index contributed by atoms with van der Waals surface area (Å²) in [6, 6.07) is 0. The number of hydrogen-bond donors (Lipinski definition) is 1. The van der Waals surface area contributed by atoms with Crippen LogP contribution in [0.1, 0.15) is 47.0 Å². The number of carbonyl (C=O) groups excluding carboxylic acids is 1. The maximum absolute atomic E-state index is 10.9. The molecule has 1 N–H and O–H groups in total. The van der Waals surface area contributed by atoms with E-state index in [2.05, 4.69) is 26.1 Å². The maximum atomic E-state index is 10.9. The molecule has 2 heteroatoms. The average molecular weight is 185 g/mol. The monoisotopic (exact) mass is 185 g/mol. The van der Waals surface area contributed by atoms with Gasteiger partial charge in [-0.25, -0.2) is 0 Å². The lowest BCUT2D eigenvalue weighted by Crippen LogP contribution is -2.27. The van der Waals surface area contributed by atoms with Crippen molar-refractivity contribution < 1.29 is 4.79 Å². The first kappa shape index (κ1) is 12.5. The van der Waals surface area contributed by atoms with Crippen LogP contribution in [0, 0.1) is 11.8 Å². The van der Waals surface area contributed by atoms with Crippen molar-refractivity contribution in [2.24, 2.45) is 11.8 Å². The second kappa shape index (κ2) is 6.93. The third-order valence-electron chi connectivity index (χ3n) is 2.21. The van der Waals surface area contributed by atoms with E-state index in [0.717, 1.165) is 12.5 Å². The summed E-state index contributed by atoms with van der Waals surface area (Å²) in [5, 5.41) is 2.92. The minimum Gasteiger partial charge on any atom is -0.356 e. The standard InChI is InChI=1S/C11H23NO/c1-5-11(13)12-8-10(4)7-6-9(2)3/h9-10H,5-8H2,1-4H3,(H,12,13). The molecule has 1 unspecified atom stereocenters. The first-order valence-corrected chi connectivity index (χ1v) is 5.33. The fraction of sp³-hybridized carbons (Fsp3) is 0.909. The largest absolute Gasteiger partial charge is 0.356 e. The van der Waals surface area contributed by atoms with E-state index in [9.17, 15) is 4.79 Å². The van der Waals surface area contributed by atoms with Crippen LogP contribution in [0.3, 0.4) is 0 Å². The Morgan fingerprint density at radius 1 is 1.23 bits per heavy atom. The lowest BCUT2D eigenvalue weighted by molar-refractivity contribution is -0.120. The molecule has 0 spiro atoms. The van der Waals surface area contributed by atoms with Crippen LogP contribution in [0.5, 0.6) is 0 Å². The molecule has 0 radical (unpaired) electrons. The first-order valence-electron chi connectivity index (χ1n) is 5.33. The van der Waals surface area contributed by atoms with Gasteiger partial charge in [0.25, 0.3) is 0 Å². The Labute approximate surface area is 82.1 Å². The van der Waals surface area contributed by atoms with Crippen molar-refractivity contribution in [1.82, 2.24) is 5.32 Å². The summed E-state index contributed by atoms with van der Waals surface area (Å²) in [6.45, 7) is 9.38. The molecule has 0 aromatic rings. The predicted octanol–water partition coefficient (Wildman–Crippen LogP) is 2.58. The van der Waals surface area contributed by atoms with Crippen molar-refractivity contribution >= 4 is 5.91 Å². The van der Waals surface area contributed by atoms with Crippen LogP contribution in [0.4, 0.5) is 0 Å². The number of rotatable bonds is 6. The van der Waals surface area contributed by atoms with E-state index in [1.165, 1.54) is 12.8 Å². The Morgan fingerprint density at radius 2 is 1.85 bits per heavy atom. The minimum atomic E-state index is 0.163. The van der Waals surface area contributed by atoms with E-state index in [1.807, 2.05) is 6.92 Å². The number of amides is 1. The molecular formula is C11H23NO. The highest BCUT2D eigenvalue weighted by molar-refractivity contribution is 5.75. The van der Waals surface area contributed by atoms with E-state index in [-0.39, 0.29) is 5.91 Å². The van der Waals surface area contributed by atoms with Gasteiger partial charge in [-0.05, 0) is 18.3 Å². The second-order valence-electron chi connectivity index (χ2n) is 4.23. The van der Waals surface area contributed by atoms with Crippen molar-refractivity contribution in [3.8, 4) is 0 Å². The first-order chi connectivity index (χ1) is 6.06. The summed E-state index contributed by atoms with van der Waals surface area (Å²) < 4.78 is 0. The van der Waals surface area contributed by atoms with Gasteiger partial charge in [0.05, 0.1) is 0 Å². The van der Waals surface area contributed by atoms with Gasteiger partial charge in [0.15, 0.2) is 0 Å². The molecule has 0 saturated carbocycles. The Kier molecular flexibility index (Phi) is 6.65. The van der Waals surface area contributed by atoms with Crippen molar-refractivity contribution in [3.63, 3.8) is 0 Å². The molecule has 0 bridgehead atoms. The lowest BCUT2D eigenvalue weighted by Gasteiger charge is -2.13. The SMILES string of the molecule is CCC(=O)NCC(C)CCC(C)C. The molecule has 0 heterocycles. The molecule has 0 saturated heterocycles. The summed E-state index contributed by atoms with van der Waals surface area (Å²) >= 11 is 0. The highest BCUT2D eigenvalue weighted by Gasteiger charge is 2.04. The molecule has 13 heavy (non-hydrogen) atoms. The Balaban J connectivity index is 3.40. The fourth-order valence-electron chi connectivity index (χ4n) is 1.13. The molecule has 78 valence electrons. The number of carbonyl (C=O) groups is 1. The minimum absolute atomic E-state index is 0.163. The Hall–Kier alpha value is -0.530. The molecule has 2 nitrogen and oxygen atoms in total. The molecule has 1 atom stereocenters. The van der Waals surface area contributed by atoms with Gasteiger partial charge < -0.3 is 5.32 Å². The zero-order chi connectivity index (χ0) is 10.3. The van der Waals surface area contributed by atoms with Gasteiger partial charge in [-0.3, -0.25) is 4.79 Å². The van der Waals surface area contributed by atoms with Crippen LogP contribution in [-0.4, -0.2) is 12.5 Å². The van der Waals surface area contributed by atoms with Gasteiger partial charge in [-0.2, -0.15) is 0 Å². The molecule has 0 aromatic carbocycles. The van der Waals surface area contributed by atoms with Gasteiger partial charge >= 0.3 is 0 Å². The van der Waals surface area contributed by atoms with Crippen LogP contribution in [0.15, 0.2) is 0 Å². The van der Waals surface area contributed by atoms with Crippen LogP contribution in [-0.2, 0) is 4.79 Å². The smallest absolute Gasteiger partial charge is 0.219 e. The van der Waals surface area contributed by atoms with Crippen molar-refractivity contribution in [1.29, 1.82) is 0 Å². The van der Waals surface area contributed by atoms with Crippen LogP contribution < -0.4 is 5.32 Å². The zero-order valence-electron chi connectivity index (χ0n) is 9.39. The molecular weight excluding hydrogens is 162 g/mol. The summed E-state index contributed by atoms with van der Waals surface area (Å²) in [4.78, 5) is 10.9. The second-order valence-corrected chi connectivity index (χ2v) is 4.23. The van der Waals surface area contributed by atoms with Crippen LogP contribution >= 0.6 is 0 Å². The average Bonchev–Trinajstić information content (AvgIpc) is 2.10. The van der Waals surface area contributed by atoms with Crippen molar-refractivity contribution in [3.05, 3.63) is 0 Å². The molecule has 1 amide bonds. The molecule has 0 aliphatic carbocycles. The quantitative estimate of drug-likeness (QED) is 0.677. The van der Waals surface area contributed by atoms with E-state index in [0.29, 0.717) is 12.3 Å². The van der Waals surface area contributed by atoms with Gasteiger partial charge in [0.2, 0.25) is 5.91 Å². The Bertz CT molecular complexity index is 143. The molecule has 0 rings (SSSR count). The summed E-state index contributed by atoms with van der Waals surface area (Å²) in [6.07, 6.45) is 3.06. The number of hydrogen-bond acceptors (Lipinski definition) is 1. The Morgan fingerprint density at radius 3 is 2.31 bits per heavy atom. The van der Waals surface area contributed by atoms with E-state index in [4.69, 9.17) is 0 Å². The van der Waals surface area contributed by atoms with Gasteiger partial charge in [-0.15, -0.1) is 0 Å². The third kappa shape index (κ3) is 7.82. The van der Waals surface area contributed by atoms with Crippen LogP contribution in [0.25, 0.3) is 0 Å². The van der Waals surface area contributed by atoms with Crippen molar-refractivity contribution in [2.45, 2.75) is 47.0 Å². The van der Waals surface area contributed by atoms with E-state index in [1.54, 1.807) is 0 Å². The third-order valence-corrected chi connectivity index (χ3v) is 2.21. The van der Waals surface area contributed by atoms with Gasteiger partial charge in [0, 0.05) is 13.0 Å². The molecule has 0 fully saturated rings. The summed E-state index contributed by atoms with van der Waals surface area (Å²) in [7, 11) is 0. The zero-order valence-corrected chi connectivity index (χ0v) is 9.39. The van der Waals surface area contributed by atoms with E-state index < -0.39 is 0 Å². The summed E-state index contributed by atoms with van der Waals surface area (Å²) in [5.74, 6) is 1.54. The molecule has 0 aromatic heterocycles.